The highest BCUT2D eigenvalue weighted by Crippen LogP contribution is 2.47. The largest absolute Gasteiger partial charge is 0.489 e. The first kappa shape index (κ1) is 24.3. The molecule has 0 spiro atoms. The van der Waals surface area contributed by atoms with Gasteiger partial charge in [0.05, 0.1) is 11.1 Å². The van der Waals surface area contributed by atoms with Crippen LogP contribution in [-0.4, -0.2) is 6.61 Å². The van der Waals surface area contributed by atoms with Crippen molar-refractivity contribution in [2.75, 3.05) is 6.61 Å². The van der Waals surface area contributed by atoms with E-state index in [-0.39, 0.29) is 11.4 Å². The summed E-state index contributed by atoms with van der Waals surface area (Å²) < 4.78 is 34.7. The van der Waals surface area contributed by atoms with Gasteiger partial charge in [0.25, 0.3) is 0 Å². The zero-order valence-corrected chi connectivity index (χ0v) is 20.2. The molecule has 2 saturated carbocycles. The van der Waals surface area contributed by atoms with Crippen molar-refractivity contribution in [2.45, 2.75) is 58.3 Å². The van der Waals surface area contributed by atoms with E-state index in [1.165, 1.54) is 31.7 Å². The number of ether oxygens (including phenoxy) is 1. The van der Waals surface area contributed by atoms with Crippen LogP contribution in [0.3, 0.4) is 0 Å². The molecule has 0 aromatic heterocycles. The molecular formula is C31H34F2O. The molecule has 0 N–H and O–H groups in total. The summed E-state index contributed by atoms with van der Waals surface area (Å²) in [6.45, 7) is 4.40. The molecular weight excluding hydrogens is 426 g/mol. The smallest absolute Gasteiger partial charge is 0.142 e. The maximum atomic E-state index is 14.9. The fourth-order valence-electron chi connectivity index (χ4n) is 5.62. The fourth-order valence-corrected chi connectivity index (χ4v) is 5.62. The Hall–Kier alpha value is -2.86. The van der Waals surface area contributed by atoms with Crippen LogP contribution in [0.5, 0.6) is 5.75 Å². The Kier molecular flexibility index (Phi) is 8.22. The monoisotopic (exact) mass is 460 g/mol. The van der Waals surface area contributed by atoms with Gasteiger partial charge in [-0.15, -0.1) is 0 Å². The molecule has 3 heteroatoms. The third-order valence-corrected chi connectivity index (χ3v) is 7.44. The molecule has 0 radical (unpaired) electrons. The number of halogens is 2. The SMILES string of the molecule is C/C=C/COc1ccc(C#Cc2ccc(C3CCC4CC(/C=C/C)CCC4C3)cc2F)c(F)c1. The van der Waals surface area contributed by atoms with Crippen LogP contribution in [0.25, 0.3) is 0 Å². The quantitative estimate of drug-likeness (QED) is 0.323. The van der Waals surface area contributed by atoms with Crippen LogP contribution in [0.2, 0.25) is 0 Å². The molecule has 0 amide bonds. The summed E-state index contributed by atoms with van der Waals surface area (Å²) in [5.74, 6) is 7.98. The van der Waals surface area contributed by atoms with Crippen molar-refractivity contribution in [1.82, 2.24) is 0 Å². The van der Waals surface area contributed by atoms with Gasteiger partial charge in [-0.25, -0.2) is 8.78 Å². The van der Waals surface area contributed by atoms with E-state index < -0.39 is 5.82 Å². The first-order valence-corrected chi connectivity index (χ1v) is 12.5. The summed E-state index contributed by atoms with van der Waals surface area (Å²) in [5.41, 5.74) is 1.61. The number of benzene rings is 2. The zero-order chi connectivity index (χ0) is 23.9. The van der Waals surface area contributed by atoms with Gasteiger partial charge in [0, 0.05) is 6.07 Å². The summed E-state index contributed by atoms with van der Waals surface area (Å²) >= 11 is 0. The Morgan fingerprint density at radius 3 is 2.26 bits per heavy atom. The minimum Gasteiger partial charge on any atom is -0.489 e. The predicted molar refractivity (Wildman–Crippen MR) is 135 cm³/mol. The molecule has 178 valence electrons. The third kappa shape index (κ3) is 5.98. The van der Waals surface area contributed by atoms with E-state index in [4.69, 9.17) is 4.74 Å². The van der Waals surface area contributed by atoms with Crippen LogP contribution in [0.15, 0.2) is 60.7 Å². The summed E-state index contributed by atoms with van der Waals surface area (Å²) in [7, 11) is 0. The molecule has 4 rings (SSSR count). The highest BCUT2D eigenvalue weighted by Gasteiger charge is 2.35. The number of allylic oxidation sites excluding steroid dienone is 3. The Bertz CT molecular complexity index is 1100. The lowest BCUT2D eigenvalue weighted by Gasteiger charge is -2.41. The number of hydrogen-bond donors (Lipinski definition) is 0. The highest BCUT2D eigenvalue weighted by molar-refractivity contribution is 5.46. The maximum Gasteiger partial charge on any atom is 0.142 e. The Morgan fingerprint density at radius 2 is 1.56 bits per heavy atom. The van der Waals surface area contributed by atoms with Gasteiger partial charge in [-0.2, -0.15) is 0 Å². The van der Waals surface area contributed by atoms with Gasteiger partial charge in [0.1, 0.15) is 24.0 Å². The Labute approximate surface area is 202 Å². The summed E-state index contributed by atoms with van der Waals surface area (Å²) in [5, 5.41) is 0. The molecule has 0 heterocycles. The van der Waals surface area contributed by atoms with E-state index in [2.05, 4.69) is 30.9 Å². The summed E-state index contributed by atoms with van der Waals surface area (Å²) in [6.07, 6.45) is 15.7. The first-order valence-electron chi connectivity index (χ1n) is 12.5. The van der Waals surface area contributed by atoms with E-state index in [0.717, 1.165) is 36.2 Å². The van der Waals surface area contributed by atoms with Crippen molar-refractivity contribution in [2.24, 2.45) is 17.8 Å². The number of hydrogen-bond acceptors (Lipinski definition) is 1. The van der Waals surface area contributed by atoms with Gasteiger partial charge in [0.15, 0.2) is 0 Å². The maximum absolute atomic E-state index is 14.9. The molecule has 34 heavy (non-hydrogen) atoms. The molecule has 0 bridgehead atoms. The minimum absolute atomic E-state index is 0.230. The van der Waals surface area contributed by atoms with E-state index in [9.17, 15) is 8.78 Å². The minimum atomic E-state index is -0.469. The first-order chi connectivity index (χ1) is 16.6. The third-order valence-electron chi connectivity index (χ3n) is 7.44. The molecule has 2 aliphatic carbocycles. The normalized spacial score (nSPS) is 24.6. The summed E-state index contributed by atoms with van der Waals surface area (Å²) in [6, 6.07) is 9.98. The molecule has 4 unspecified atom stereocenters. The van der Waals surface area contributed by atoms with E-state index in [1.807, 2.05) is 25.1 Å². The van der Waals surface area contributed by atoms with Gasteiger partial charge in [-0.1, -0.05) is 42.2 Å². The molecule has 0 aliphatic heterocycles. The second-order valence-corrected chi connectivity index (χ2v) is 9.64. The average Bonchev–Trinajstić information content (AvgIpc) is 2.84. The van der Waals surface area contributed by atoms with Crippen LogP contribution >= 0.6 is 0 Å². The van der Waals surface area contributed by atoms with Gasteiger partial charge < -0.3 is 4.74 Å². The van der Waals surface area contributed by atoms with Crippen molar-refractivity contribution in [1.29, 1.82) is 0 Å². The molecule has 2 aliphatic rings. The van der Waals surface area contributed by atoms with Crippen molar-refractivity contribution in [3.63, 3.8) is 0 Å². The number of fused-ring (bicyclic) bond motifs is 1. The molecule has 2 fully saturated rings. The van der Waals surface area contributed by atoms with Crippen LogP contribution in [0, 0.1) is 41.2 Å². The zero-order valence-electron chi connectivity index (χ0n) is 20.2. The van der Waals surface area contributed by atoms with Crippen molar-refractivity contribution in [3.05, 3.63) is 89.0 Å². The average molecular weight is 461 g/mol. The van der Waals surface area contributed by atoms with Crippen molar-refractivity contribution < 1.29 is 13.5 Å². The molecule has 1 nitrogen and oxygen atoms in total. The van der Waals surface area contributed by atoms with Crippen LogP contribution in [0.1, 0.15) is 75.0 Å². The lowest BCUT2D eigenvalue weighted by atomic mass is 9.64. The van der Waals surface area contributed by atoms with Gasteiger partial charge in [-0.05, 0) is 106 Å². The van der Waals surface area contributed by atoms with E-state index >= 15 is 0 Å². The second-order valence-electron chi connectivity index (χ2n) is 9.64. The lowest BCUT2D eigenvalue weighted by Crippen LogP contribution is -2.30. The van der Waals surface area contributed by atoms with E-state index in [0.29, 0.717) is 23.8 Å². The second kappa shape index (κ2) is 11.5. The van der Waals surface area contributed by atoms with Crippen molar-refractivity contribution in [3.8, 4) is 17.6 Å². The van der Waals surface area contributed by atoms with Gasteiger partial charge in [-0.3, -0.25) is 0 Å². The van der Waals surface area contributed by atoms with Gasteiger partial charge >= 0.3 is 0 Å². The highest BCUT2D eigenvalue weighted by atomic mass is 19.1. The van der Waals surface area contributed by atoms with Crippen LogP contribution < -0.4 is 4.74 Å². The number of rotatable bonds is 5. The van der Waals surface area contributed by atoms with E-state index in [1.54, 1.807) is 24.3 Å². The topological polar surface area (TPSA) is 9.23 Å². The molecule has 4 atom stereocenters. The Morgan fingerprint density at radius 1 is 0.853 bits per heavy atom. The fraction of sp³-hybridized carbons (Fsp3) is 0.419. The Balaban J connectivity index is 1.40. The molecule has 0 saturated heterocycles. The lowest BCUT2D eigenvalue weighted by molar-refractivity contribution is 0.133. The van der Waals surface area contributed by atoms with Crippen LogP contribution in [-0.2, 0) is 0 Å². The molecule has 2 aromatic rings. The predicted octanol–water partition coefficient (Wildman–Crippen LogP) is 8.20. The standard InChI is InChI=1S/C31H34F2O/c1-3-5-17-34-29-16-15-24(31(33)21-29)10-9-23-11-12-28(20-30(23)32)27-14-13-25-18-22(6-4-2)7-8-26(25)19-27/h3-6,11-12,15-16,20-22,25-27H,7-8,13-14,17-19H2,1-2H3/b5-3+,6-4+. The van der Waals surface area contributed by atoms with Gasteiger partial charge in [0.2, 0.25) is 0 Å². The molecule has 2 aromatic carbocycles. The summed E-state index contributed by atoms with van der Waals surface area (Å²) in [4.78, 5) is 0. The van der Waals surface area contributed by atoms with Crippen LogP contribution in [0.4, 0.5) is 8.78 Å². The van der Waals surface area contributed by atoms with Crippen molar-refractivity contribution >= 4 is 0 Å².